The molecule has 28 heavy (non-hydrogen) atoms. The Morgan fingerprint density at radius 1 is 1.14 bits per heavy atom. The molecule has 1 heterocycles. The summed E-state index contributed by atoms with van der Waals surface area (Å²) in [6.07, 6.45) is 7.03. The summed E-state index contributed by atoms with van der Waals surface area (Å²) in [7, 11) is 0. The average molecular weight is 388 g/mol. The number of aliphatic imine (C=N–C) groups is 1. The Labute approximate surface area is 158 Å². The van der Waals surface area contributed by atoms with Crippen LogP contribution in [0, 0.1) is 0 Å². The molecule has 0 aromatic heterocycles. The van der Waals surface area contributed by atoms with E-state index in [1.54, 1.807) is 0 Å². The number of nitrogens with one attached hydrogen (secondary N) is 1. The molecule has 10 heteroatoms. The molecule has 0 aromatic carbocycles. The maximum absolute atomic E-state index is 11.4. The van der Waals surface area contributed by atoms with Crippen LogP contribution in [0.5, 0.6) is 0 Å². The maximum atomic E-state index is 11.4. The largest absolute Gasteiger partial charge is 0.480 e. The highest BCUT2D eigenvalue weighted by atomic mass is 16.4. The Morgan fingerprint density at radius 3 is 2.43 bits per heavy atom. The van der Waals surface area contributed by atoms with Crippen molar-refractivity contribution in [3.05, 3.63) is 47.2 Å². The van der Waals surface area contributed by atoms with E-state index in [4.69, 9.17) is 10.2 Å². The molecule has 0 bridgehead atoms. The summed E-state index contributed by atoms with van der Waals surface area (Å²) >= 11 is 0. The van der Waals surface area contributed by atoms with Crippen LogP contribution in [0.3, 0.4) is 0 Å². The van der Waals surface area contributed by atoms with E-state index in [0.717, 1.165) is 18.4 Å². The van der Waals surface area contributed by atoms with Gasteiger partial charge in [0.2, 0.25) is 11.6 Å². The number of nitrogens with zero attached hydrogens (tertiary/aromatic N) is 1. The van der Waals surface area contributed by atoms with Crippen molar-refractivity contribution in [2.24, 2.45) is 4.99 Å². The normalized spacial score (nSPS) is 21.9. The van der Waals surface area contributed by atoms with E-state index in [1.165, 1.54) is 18.2 Å². The van der Waals surface area contributed by atoms with Crippen molar-refractivity contribution in [1.29, 1.82) is 0 Å². The third-order valence-corrected chi connectivity index (χ3v) is 3.90. The van der Waals surface area contributed by atoms with Gasteiger partial charge in [-0.05, 0) is 35.5 Å². The van der Waals surface area contributed by atoms with Gasteiger partial charge in [0.15, 0.2) is 6.04 Å². The molecule has 0 amide bonds. The first-order chi connectivity index (χ1) is 13.2. The first-order valence-electron chi connectivity index (χ1n) is 8.03. The lowest BCUT2D eigenvalue weighted by atomic mass is 9.99. The van der Waals surface area contributed by atoms with Crippen LogP contribution >= 0.6 is 0 Å². The number of carboxylic acids is 3. The van der Waals surface area contributed by atoms with E-state index < -0.39 is 41.6 Å². The Hall–Kier alpha value is -3.82. The highest BCUT2D eigenvalue weighted by Crippen LogP contribution is 2.17. The molecule has 0 saturated carbocycles. The molecule has 4 N–H and O–H groups in total. The molecule has 0 fully saturated rings. The van der Waals surface area contributed by atoms with Gasteiger partial charge in [-0.15, -0.1) is 0 Å². The van der Waals surface area contributed by atoms with Crippen molar-refractivity contribution in [1.82, 2.24) is 5.32 Å². The van der Waals surface area contributed by atoms with Crippen LogP contribution in [0.1, 0.15) is 12.8 Å². The van der Waals surface area contributed by atoms with Gasteiger partial charge in [-0.1, -0.05) is 6.08 Å². The summed E-state index contributed by atoms with van der Waals surface area (Å²) in [6.45, 7) is 0. The maximum Gasteiger partial charge on any atom is 0.351 e. The van der Waals surface area contributed by atoms with Gasteiger partial charge < -0.3 is 20.6 Å². The fourth-order valence-corrected chi connectivity index (χ4v) is 2.50. The molecule has 0 aromatic rings. The van der Waals surface area contributed by atoms with E-state index in [1.807, 2.05) is 0 Å². The van der Waals surface area contributed by atoms with Gasteiger partial charge in [0.05, 0.1) is 0 Å². The molecule has 2 rings (SSSR count). The van der Waals surface area contributed by atoms with E-state index in [9.17, 15) is 29.1 Å². The van der Waals surface area contributed by atoms with Gasteiger partial charge in [-0.2, -0.15) is 0 Å². The zero-order valence-electron chi connectivity index (χ0n) is 14.4. The van der Waals surface area contributed by atoms with E-state index >= 15 is 0 Å². The third-order valence-electron chi connectivity index (χ3n) is 3.90. The summed E-state index contributed by atoms with van der Waals surface area (Å²) in [5, 5.41) is 29.8. The average Bonchev–Trinajstić information content (AvgIpc) is 2.63. The number of aliphatic carboxylic acids is 3. The predicted molar refractivity (Wildman–Crippen MR) is 94.7 cm³/mol. The van der Waals surface area contributed by atoms with Gasteiger partial charge in [0.1, 0.15) is 11.7 Å². The molecular formula is C18H16N2O8. The second-order valence-corrected chi connectivity index (χ2v) is 5.98. The molecule has 0 saturated heterocycles. The minimum atomic E-state index is -1.33. The fraction of sp³-hybridized carbons (Fsp3) is 0.222. The summed E-state index contributed by atoms with van der Waals surface area (Å²) in [5.41, 5.74) is 0.380. The third kappa shape index (κ3) is 5.34. The molecule has 1 aliphatic heterocycles. The number of hydrogen-bond acceptors (Lipinski definition) is 7. The first kappa shape index (κ1) is 20.5. The van der Waals surface area contributed by atoms with E-state index in [0.29, 0.717) is 11.1 Å². The molecule has 2 atom stereocenters. The molecule has 146 valence electrons. The van der Waals surface area contributed by atoms with Gasteiger partial charge in [0.25, 0.3) is 0 Å². The van der Waals surface area contributed by atoms with Crippen molar-refractivity contribution in [3.63, 3.8) is 0 Å². The minimum Gasteiger partial charge on any atom is -0.480 e. The fourth-order valence-electron chi connectivity index (χ4n) is 2.50. The summed E-state index contributed by atoms with van der Waals surface area (Å²) < 4.78 is 0. The van der Waals surface area contributed by atoms with E-state index in [2.05, 4.69) is 10.3 Å². The molecule has 0 radical (unpaired) electrons. The summed E-state index contributed by atoms with van der Waals surface area (Å²) in [6, 6.07) is -2.37. The number of allylic oxidation sites excluding steroid dienone is 5. The monoisotopic (exact) mass is 388 g/mol. The Bertz CT molecular complexity index is 891. The number of rotatable bonds is 7. The summed E-state index contributed by atoms with van der Waals surface area (Å²) in [4.78, 5) is 60.0. The van der Waals surface area contributed by atoms with E-state index in [-0.39, 0.29) is 18.5 Å². The number of carbonyl (C=O) groups is 5. The van der Waals surface area contributed by atoms with Gasteiger partial charge >= 0.3 is 17.9 Å². The zero-order chi connectivity index (χ0) is 20.8. The lowest BCUT2D eigenvalue weighted by Gasteiger charge is -2.21. The van der Waals surface area contributed by atoms with Crippen LogP contribution in [-0.4, -0.2) is 63.1 Å². The zero-order valence-corrected chi connectivity index (χ0v) is 14.4. The van der Waals surface area contributed by atoms with Crippen LogP contribution < -0.4 is 5.32 Å². The highest BCUT2D eigenvalue weighted by Gasteiger charge is 2.26. The summed E-state index contributed by atoms with van der Waals surface area (Å²) in [5.74, 6) is -5.25. The first-order valence-corrected chi connectivity index (χ1v) is 8.03. The molecule has 10 nitrogen and oxygen atoms in total. The van der Waals surface area contributed by atoms with Gasteiger partial charge in [-0.25, -0.2) is 14.4 Å². The smallest absolute Gasteiger partial charge is 0.351 e. The molecule has 1 aliphatic carbocycles. The predicted octanol–water partition coefficient (Wildman–Crippen LogP) is -0.124. The Balaban J connectivity index is 2.16. The minimum absolute atomic E-state index is 0.0135. The van der Waals surface area contributed by atoms with Crippen molar-refractivity contribution >= 4 is 35.7 Å². The van der Waals surface area contributed by atoms with Crippen molar-refractivity contribution in [3.8, 4) is 0 Å². The van der Waals surface area contributed by atoms with Crippen LogP contribution in [0.2, 0.25) is 0 Å². The number of hydrogen-bond donors (Lipinski definition) is 4. The molecule has 0 unspecified atom stereocenters. The Morgan fingerprint density at radius 2 is 1.86 bits per heavy atom. The molecule has 0 spiro atoms. The second-order valence-electron chi connectivity index (χ2n) is 5.98. The quantitative estimate of drug-likeness (QED) is 0.263. The van der Waals surface area contributed by atoms with Crippen molar-refractivity contribution in [2.75, 3.05) is 0 Å². The number of ketones is 2. The Kier molecular flexibility index (Phi) is 6.38. The lowest BCUT2D eigenvalue weighted by Crippen LogP contribution is -2.41. The number of carboxylic acid groups (broad SMARTS) is 3. The number of carbonyl (C=O) groups excluding carboxylic acids is 2. The van der Waals surface area contributed by atoms with Gasteiger partial charge in [0, 0.05) is 19.1 Å². The molecular weight excluding hydrogens is 372 g/mol. The highest BCUT2D eigenvalue weighted by molar-refractivity contribution is 6.46. The lowest BCUT2D eigenvalue weighted by molar-refractivity contribution is -0.140. The standard InChI is InChI=1S/C18H16N2O8/c21-14-2-1-9(8-15(14)22)5-11(16(23)24)19-4-3-10-6-12(17(25)26)20-13(7-10)18(27)28/h1-4,6,8,11,13,20H,5,7H2,(H,23,24)(H,25,26)(H,27,28)/b10-3-,19-4?/t11-,13-/m0/s1. The molecule has 2 aliphatic rings. The van der Waals surface area contributed by atoms with Crippen LogP contribution in [0.15, 0.2) is 52.2 Å². The SMILES string of the molecule is O=C(O)C1=C/C(=C/C=N[C@@H](CC2=CC(=O)C(=O)C=C2)C(=O)O)C[C@@H](C(=O)O)N1. The van der Waals surface area contributed by atoms with Crippen LogP contribution in [0.4, 0.5) is 0 Å². The van der Waals surface area contributed by atoms with Gasteiger partial charge in [-0.3, -0.25) is 14.6 Å². The topological polar surface area (TPSA) is 170 Å². The second kappa shape index (κ2) is 8.71. The van der Waals surface area contributed by atoms with Crippen LogP contribution in [0.25, 0.3) is 0 Å². The van der Waals surface area contributed by atoms with Crippen molar-refractivity contribution in [2.45, 2.75) is 24.9 Å². The van der Waals surface area contributed by atoms with Crippen molar-refractivity contribution < 1.29 is 39.3 Å². The van der Waals surface area contributed by atoms with Crippen LogP contribution in [-0.2, 0) is 24.0 Å².